The third-order valence-corrected chi connectivity index (χ3v) is 1.55. The summed E-state index contributed by atoms with van der Waals surface area (Å²) in [4.78, 5) is 22.3. The highest BCUT2D eigenvalue weighted by molar-refractivity contribution is 6.35. The molecule has 4 nitrogen and oxygen atoms in total. The Morgan fingerprint density at radius 3 is 1.36 bits per heavy atom. The second kappa shape index (κ2) is 6.40. The van der Waals surface area contributed by atoms with Gasteiger partial charge in [0, 0.05) is 13.1 Å². The predicted octanol–water partition coefficient (Wildman–Crippen LogP) is 0.531. The van der Waals surface area contributed by atoms with Crippen LogP contribution in [0.4, 0.5) is 0 Å². The summed E-state index contributed by atoms with van der Waals surface area (Å²) in [5.74, 6) is -0.368. The molecule has 14 heavy (non-hydrogen) atoms. The maximum atomic E-state index is 11.1. The molecule has 2 N–H and O–H groups in total. The number of hydrogen-bond acceptors (Lipinski definition) is 2. The van der Waals surface area contributed by atoms with Crippen LogP contribution >= 0.6 is 0 Å². The minimum atomic E-state index is -0.542. The number of amides is 2. The molecule has 0 heterocycles. The van der Waals surface area contributed by atoms with E-state index < -0.39 is 11.8 Å². The van der Waals surface area contributed by atoms with Gasteiger partial charge in [-0.05, 0) is 11.8 Å². The first-order valence-electron chi connectivity index (χ1n) is 4.99. The van der Waals surface area contributed by atoms with E-state index in [2.05, 4.69) is 10.6 Å². The van der Waals surface area contributed by atoms with E-state index in [-0.39, 0.29) is 0 Å². The van der Waals surface area contributed by atoms with Crippen molar-refractivity contribution >= 4 is 11.8 Å². The van der Waals surface area contributed by atoms with Gasteiger partial charge in [-0.2, -0.15) is 0 Å². The maximum absolute atomic E-state index is 11.1. The van der Waals surface area contributed by atoms with Crippen LogP contribution in [0.15, 0.2) is 0 Å². The van der Waals surface area contributed by atoms with E-state index in [4.69, 9.17) is 0 Å². The summed E-state index contributed by atoms with van der Waals surface area (Å²) in [5, 5.41) is 5.11. The molecular weight excluding hydrogens is 180 g/mol. The molecule has 0 rings (SSSR count). The molecule has 0 aliphatic heterocycles. The van der Waals surface area contributed by atoms with Crippen molar-refractivity contribution in [3.05, 3.63) is 0 Å². The standard InChI is InChI=1S/C10H20N2O2/c1-7(2)5-11-9(13)10(14)12-6-8(3)4/h7-8H,5-6H2,1-4H3,(H,11,13)(H,12,14). The van der Waals surface area contributed by atoms with E-state index in [1.165, 1.54) is 0 Å². The van der Waals surface area contributed by atoms with E-state index in [9.17, 15) is 9.59 Å². The number of carbonyl (C=O) groups excluding carboxylic acids is 2. The lowest BCUT2D eigenvalue weighted by Gasteiger charge is -2.09. The van der Waals surface area contributed by atoms with Gasteiger partial charge in [-0.1, -0.05) is 27.7 Å². The van der Waals surface area contributed by atoms with E-state index >= 15 is 0 Å². The molecule has 4 heteroatoms. The molecule has 0 aromatic carbocycles. The Bertz CT molecular complexity index is 178. The summed E-state index contributed by atoms with van der Waals surface area (Å²) in [6.45, 7) is 8.99. The molecule has 0 fully saturated rings. The first-order valence-corrected chi connectivity index (χ1v) is 4.99. The molecule has 0 aromatic heterocycles. The topological polar surface area (TPSA) is 58.2 Å². The molecule has 0 aromatic rings. The van der Waals surface area contributed by atoms with Crippen LogP contribution in [0.3, 0.4) is 0 Å². The van der Waals surface area contributed by atoms with E-state index in [1.54, 1.807) is 0 Å². The Hall–Kier alpha value is -1.06. The number of carbonyl (C=O) groups is 2. The first-order chi connectivity index (χ1) is 6.43. The number of rotatable bonds is 4. The monoisotopic (exact) mass is 200 g/mol. The van der Waals surface area contributed by atoms with Crippen molar-refractivity contribution < 1.29 is 9.59 Å². The third kappa shape index (κ3) is 6.46. The predicted molar refractivity (Wildman–Crippen MR) is 55.7 cm³/mol. The van der Waals surface area contributed by atoms with Crippen molar-refractivity contribution in [1.29, 1.82) is 0 Å². The molecule has 0 saturated carbocycles. The summed E-state index contributed by atoms with van der Waals surface area (Å²) in [6.07, 6.45) is 0. The molecule has 0 radical (unpaired) electrons. The largest absolute Gasteiger partial charge is 0.348 e. The third-order valence-electron chi connectivity index (χ3n) is 1.55. The molecule has 0 aliphatic rings. The Kier molecular flexibility index (Phi) is 5.92. The van der Waals surface area contributed by atoms with Crippen LogP contribution in [0.25, 0.3) is 0 Å². The molecule has 0 unspecified atom stereocenters. The average molecular weight is 200 g/mol. The Morgan fingerprint density at radius 1 is 0.857 bits per heavy atom. The van der Waals surface area contributed by atoms with Crippen LogP contribution in [0.5, 0.6) is 0 Å². The van der Waals surface area contributed by atoms with E-state index in [0.717, 1.165) is 0 Å². The van der Waals surface area contributed by atoms with Crippen molar-refractivity contribution in [2.45, 2.75) is 27.7 Å². The quantitative estimate of drug-likeness (QED) is 0.650. The SMILES string of the molecule is CC(C)CNC(=O)C(=O)NCC(C)C. The lowest BCUT2D eigenvalue weighted by molar-refractivity contribution is -0.139. The van der Waals surface area contributed by atoms with Gasteiger partial charge in [0.15, 0.2) is 0 Å². The highest BCUT2D eigenvalue weighted by atomic mass is 16.2. The molecular formula is C10H20N2O2. The summed E-state index contributed by atoms with van der Waals surface area (Å²) >= 11 is 0. The summed E-state index contributed by atoms with van der Waals surface area (Å²) in [7, 11) is 0. The zero-order chi connectivity index (χ0) is 11.1. The average Bonchev–Trinajstić information content (AvgIpc) is 2.09. The molecule has 0 saturated heterocycles. The van der Waals surface area contributed by atoms with Gasteiger partial charge in [0.2, 0.25) is 0 Å². The molecule has 2 amide bonds. The molecule has 0 atom stereocenters. The van der Waals surface area contributed by atoms with Crippen LogP contribution in [-0.2, 0) is 9.59 Å². The zero-order valence-corrected chi connectivity index (χ0v) is 9.39. The summed E-state index contributed by atoms with van der Waals surface area (Å²) < 4.78 is 0. The van der Waals surface area contributed by atoms with E-state index in [1.807, 2.05) is 27.7 Å². The minimum Gasteiger partial charge on any atom is -0.348 e. The second-order valence-electron chi connectivity index (χ2n) is 4.21. The van der Waals surface area contributed by atoms with Crippen LogP contribution in [0, 0.1) is 11.8 Å². The van der Waals surface area contributed by atoms with Gasteiger partial charge in [0.1, 0.15) is 0 Å². The van der Waals surface area contributed by atoms with Crippen molar-refractivity contribution in [2.24, 2.45) is 11.8 Å². The fraction of sp³-hybridized carbons (Fsp3) is 0.800. The van der Waals surface area contributed by atoms with Gasteiger partial charge in [-0.3, -0.25) is 9.59 Å². The maximum Gasteiger partial charge on any atom is 0.309 e. The van der Waals surface area contributed by atoms with Crippen LogP contribution < -0.4 is 10.6 Å². The van der Waals surface area contributed by atoms with E-state index in [0.29, 0.717) is 24.9 Å². The fourth-order valence-corrected chi connectivity index (χ4v) is 0.754. The van der Waals surface area contributed by atoms with Crippen molar-refractivity contribution in [2.75, 3.05) is 13.1 Å². The van der Waals surface area contributed by atoms with Gasteiger partial charge < -0.3 is 10.6 Å². The lowest BCUT2D eigenvalue weighted by atomic mass is 10.2. The normalized spacial score (nSPS) is 10.4. The lowest BCUT2D eigenvalue weighted by Crippen LogP contribution is -2.42. The van der Waals surface area contributed by atoms with Gasteiger partial charge in [-0.25, -0.2) is 0 Å². The second-order valence-corrected chi connectivity index (χ2v) is 4.21. The van der Waals surface area contributed by atoms with Crippen molar-refractivity contribution in [3.63, 3.8) is 0 Å². The number of hydrogen-bond donors (Lipinski definition) is 2. The van der Waals surface area contributed by atoms with Gasteiger partial charge in [0.05, 0.1) is 0 Å². The van der Waals surface area contributed by atoms with Gasteiger partial charge >= 0.3 is 11.8 Å². The van der Waals surface area contributed by atoms with Gasteiger partial charge in [-0.15, -0.1) is 0 Å². The van der Waals surface area contributed by atoms with Crippen LogP contribution in [0.1, 0.15) is 27.7 Å². The number of nitrogens with one attached hydrogen (secondary N) is 2. The van der Waals surface area contributed by atoms with Crippen molar-refractivity contribution in [1.82, 2.24) is 10.6 Å². The summed E-state index contributed by atoms with van der Waals surface area (Å²) in [6, 6.07) is 0. The van der Waals surface area contributed by atoms with Crippen LogP contribution in [-0.4, -0.2) is 24.9 Å². The molecule has 0 aliphatic carbocycles. The highest BCUT2D eigenvalue weighted by Gasteiger charge is 2.12. The van der Waals surface area contributed by atoms with Crippen LogP contribution in [0.2, 0.25) is 0 Å². The molecule has 82 valence electrons. The Morgan fingerprint density at radius 2 is 1.14 bits per heavy atom. The first kappa shape index (κ1) is 12.9. The van der Waals surface area contributed by atoms with Gasteiger partial charge in [0.25, 0.3) is 0 Å². The molecule has 0 spiro atoms. The highest BCUT2D eigenvalue weighted by Crippen LogP contribution is 1.88. The Balaban J connectivity index is 3.71. The Labute approximate surface area is 85.4 Å². The zero-order valence-electron chi connectivity index (χ0n) is 9.39. The summed E-state index contributed by atoms with van der Waals surface area (Å²) in [5.41, 5.74) is 0. The van der Waals surface area contributed by atoms with Crippen molar-refractivity contribution in [3.8, 4) is 0 Å². The fourth-order valence-electron chi connectivity index (χ4n) is 0.754. The smallest absolute Gasteiger partial charge is 0.309 e. The molecule has 0 bridgehead atoms. The minimum absolute atomic E-state index is 0.358.